The number of rotatable bonds is 4. The first-order valence-electron chi connectivity index (χ1n) is 5.04. The summed E-state index contributed by atoms with van der Waals surface area (Å²) in [4.78, 5) is 1.38. The second-order valence-corrected chi connectivity index (χ2v) is 4.94. The summed E-state index contributed by atoms with van der Waals surface area (Å²) < 4.78 is 0. The van der Waals surface area contributed by atoms with Gasteiger partial charge in [-0.1, -0.05) is 19.4 Å². The van der Waals surface area contributed by atoms with Crippen LogP contribution in [0.15, 0.2) is 17.0 Å². The molecular weight excluding hydrogens is 190 g/mol. The van der Waals surface area contributed by atoms with E-state index in [4.69, 9.17) is 0 Å². The van der Waals surface area contributed by atoms with Crippen molar-refractivity contribution in [3.63, 3.8) is 0 Å². The van der Waals surface area contributed by atoms with E-state index < -0.39 is 0 Å². The molecule has 1 nitrogen and oxygen atoms in total. The molecule has 0 aliphatic heterocycles. The zero-order chi connectivity index (χ0) is 10.6. The summed E-state index contributed by atoms with van der Waals surface area (Å²) in [5.41, 5.74) is 2.77. The number of aryl methyl sites for hydroxylation is 1. The van der Waals surface area contributed by atoms with Crippen molar-refractivity contribution in [3.8, 4) is 0 Å². The van der Waals surface area contributed by atoms with E-state index in [1.165, 1.54) is 16.0 Å². The van der Waals surface area contributed by atoms with Crippen LogP contribution in [0.5, 0.6) is 0 Å². The summed E-state index contributed by atoms with van der Waals surface area (Å²) in [6.07, 6.45) is 2.27. The van der Waals surface area contributed by atoms with Crippen LogP contribution in [0, 0.1) is 6.92 Å². The smallest absolute Gasteiger partial charge is 0.0299 e. The summed E-state index contributed by atoms with van der Waals surface area (Å²) in [5, 5.41) is 5.56. The summed E-state index contributed by atoms with van der Waals surface area (Å²) in [6.45, 7) is 9.66. The maximum absolute atomic E-state index is 3.41. The Bertz CT molecular complexity index is 310. The van der Waals surface area contributed by atoms with Gasteiger partial charge < -0.3 is 5.32 Å². The van der Waals surface area contributed by atoms with Gasteiger partial charge in [0.2, 0.25) is 0 Å². The molecule has 0 saturated heterocycles. The van der Waals surface area contributed by atoms with Crippen LogP contribution in [0.1, 0.15) is 31.2 Å². The molecule has 0 atom stereocenters. The van der Waals surface area contributed by atoms with Gasteiger partial charge in [0.15, 0.2) is 0 Å². The van der Waals surface area contributed by atoms with Gasteiger partial charge in [-0.3, -0.25) is 0 Å². The predicted molar refractivity (Wildman–Crippen MR) is 65.8 cm³/mol. The Morgan fingerprint density at radius 1 is 1.57 bits per heavy atom. The molecule has 0 aliphatic rings. The minimum absolute atomic E-state index is 0.558. The molecule has 78 valence electrons. The molecule has 0 aromatic carbocycles. The fourth-order valence-electron chi connectivity index (χ4n) is 1.17. The van der Waals surface area contributed by atoms with E-state index in [9.17, 15) is 0 Å². The van der Waals surface area contributed by atoms with Gasteiger partial charge in [0.05, 0.1) is 0 Å². The predicted octanol–water partition coefficient (Wildman–Crippen LogP) is 3.46. The monoisotopic (exact) mass is 209 g/mol. The molecule has 2 heteroatoms. The number of nitrogens with one attached hydrogen (secondary N) is 1. The standard InChI is InChI=1S/C12H19NS/c1-9(2)13-8-10(3)7-12-11(4)5-6-14-12/h5-7,9,13H,8H2,1-4H3. The van der Waals surface area contributed by atoms with E-state index in [-0.39, 0.29) is 0 Å². The average Bonchev–Trinajstić information content (AvgIpc) is 2.49. The second kappa shape index (κ2) is 5.32. The third-order valence-electron chi connectivity index (χ3n) is 2.07. The van der Waals surface area contributed by atoms with Crippen LogP contribution >= 0.6 is 11.3 Å². The first kappa shape index (κ1) is 11.5. The molecular formula is C12H19NS. The second-order valence-electron chi connectivity index (χ2n) is 3.99. The summed E-state index contributed by atoms with van der Waals surface area (Å²) in [7, 11) is 0. The zero-order valence-electron chi connectivity index (χ0n) is 9.42. The normalized spacial score (nSPS) is 12.5. The van der Waals surface area contributed by atoms with Gasteiger partial charge in [-0.25, -0.2) is 0 Å². The summed E-state index contributed by atoms with van der Waals surface area (Å²) >= 11 is 1.81. The van der Waals surface area contributed by atoms with Crippen LogP contribution in [0.2, 0.25) is 0 Å². The highest BCUT2D eigenvalue weighted by atomic mass is 32.1. The molecule has 0 saturated carbocycles. The first-order chi connectivity index (χ1) is 6.59. The van der Waals surface area contributed by atoms with Crippen molar-refractivity contribution in [3.05, 3.63) is 27.5 Å². The summed E-state index contributed by atoms with van der Waals surface area (Å²) in [5.74, 6) is 0. The van der Waals surface area contributed by atoms with Gasteiger partial charge in [0.1, 0.15) is 0 Å². The van der Waals surface area contributed by atoms with E-state index in [1.54, 1.807) is 0 Å². The van der Waals surface area contributed by atoms with E-state index in [2.05, 4.69) is 50.5 Å². The Kier molecular flexibility index (Phi) is 4.36. The third-order valence-corrected chi connectivity index (χ3v) is 3.03. The molecule has 1 rings (SSSR count). The lowest BCUT2D eigenvalue weighted by Gasteiger charge is -2.07. The van der Waals surface area contributed by atoms with Gasteiger partial charge >= 0.3 is 0 Å². The van der Waals surface area contributed by atoms with Crippen molar-refractivity contribution in [2.45, 2.75) is 33.7 Å². The van der Waals surface area contributed by atoms with Crippen molar-refractivity contribution < 1.29 is 0 Å². The van der Waals surface area contributed by atoms with Crippen molar-refractivity contribution in [2.75, 3.05) is 6.54 Å². The number of hydrogen-bond acceptors (Lipinski definition) is 2. The molecule has 0 unspecified atom stereocenters. The summed E-state index contributed by atoms with van der Waals surface area (Å²) in [6, 6.07) is 2.72. The molecule has 0 aliphatic carbocycles. The molecule has 1 N–H and O–H groups in total. The molecule has 0 bridgehead atoms. The quantitative estimate of drug-likeness (QED) is 0.801. The lowest BCUT2D eigenvalue weighted by Crippen LogP contribution is -2.24. The van der Waals surface area contributed by atoms with Crippen molar-refractivity contribution in [1.29, 1.82) is 0 Å². The van der Waals surface area contributed by atoms with Crippen LogP contribution in [0.3, 0.4) is 0 Å². The Hall–Kier alpha value is -0.600. The van der Waals surface area contributed by atoms with Gasteiger partial charge in [-0.15, -0.1) is 11.3 Å². The Morgan fingerprint density at radius 2 is 2.29 bits per heavy atom. The molecule has 1 aromatic heterocycles. The highest BCUT2D eigenvalue weighted by Gasteiger charge is 1.97. The van der Waals surface area contributed by atoms with E-state index in [1.807, 2.05) is 11.3 Å². The molecule has 0 fully saturated rings. The fourth-order valence-corrected chi connectivity index (χ4v) is 2.11. The Morgan fingerprint density at radius 3 is 2.79 bits per heavy atom. The highest BCUT2D eigenvalue weighted by molar-refractivity contribution is 7.11. The maximum atomic E-state index is 3.41. The van der Waals surface area contributed by atoms with Gasteiger partial charge in [0, 0.05) is 17.5 Å². The molecule has 1 heterocycles. The topological polar surface area (TPSA) is 12.0 Å². The lowest BCUT2D eigenvalue weighted by molar-refractivity contribution is 0.623. The molecule has 0 spiro atoms. The molecule has 0 amide bonds. The lowest BCUT2D eigenvalue weighted by atomic mass is 10.2. The third kappa shape index (κ3) is 3.64. The van der Waals surface area contributed by atoms with Crippen LogP contribution < -0.4 is 5.32 Å². The van der Waals surface area contributed by atoms with E-state index in [0.717, 1.165) is 6.54 Å². The molecule has 0 radical (unpaired) electrons. The van der Waals surface area contributed by atoms with E-state index in [0.29, 0.717) is 6.04 Å². The van der Waals surface area contributed by atoms with Gasteiger partial charge in [0.25, 0.3) is 0 Å². The molecule has 1 aromatic rings. The average molecular weight is 209 g/mol. The van der Waals surface area contributed by atoms with Gasteiger partial charge in [-0.05, 0) is 36.9 Å². The zero-order valence-corrected chi connectivity index (χ0v) is 10.2. The minimum Gasteiger partial charge on any atom is -0.311 e. The van der Waals surface area contributed by atoms with Crippen LogP contribution in [-0.4, -0.2) is 12.6 Å². The van der Waals surface area contributed by atoms with Crippen molar-refractivity contribution in [1.82, 2.24) is 5.32 Å². The maximum Gasteiger partial charge on any atom is 0.0299 e. The van der Waals surface area contributed by atoms with Crippen LogP contribution in [0.25, 0.3) is 6.08 Å². The van der Waals surface area contributed by atoms with E-state index >= 15 is 0 Å². The minimum atomic E-state index is 0.558. The van der Waals surface area contributed by atoms with Crippen LogP contribution in [0.4, 0.5) is 0 Å². The SMILES string of the molecule is CC(=Cc1sccc1C)CNC(C)C. The van der Waals surface area contributed by atoms with Crippen molar-refractivity contribution in [2.24, 2.45) is 0 Å². The molecule has 14 heavy (non-hydrogen) atoms. The first-order valence-corrected chi connectivity index (χ1v) is 5.92. The van der Waals surface area contributed by atoms with Gasteiger partial charge in [-0.2, -0.15) is 0 Å². The largest absolute Gasteiger partial charge is 0.311 e. The number of hydrogen-bond donors (Lipinski definition) is 1. The number of thiophene rings is 1. The fraction of sp³-hybridized carbons (Fsp3) is 0.500. The Balaban J connectivity index is 2.56. The van der Waals surface area contributed by atoms with Crippen molar-refractivity contribution >= 4 is 17.4 Å². The Labute approximate surface area is 90.9 Å². The van der Waals surface area contributed by atoms with Crippen LogP contribution in [-0.2, 0) is 0 Å². The highest BCUT2D eigenvalue weighted by Crippen LogP contribution is 2.18.